The van der Waals surface area contributed by atoms with E-state index in [2.05, 4.69) is 22.4 Å². The number of anilines is 1. The van der Waals surface area contributed by atoms with E-state index >= 15 is 0 Å². The number of nitrogens with one attached hydrogen (secondary N) is 1. The van der Waals surface area contributed by atoms with E-state index in [9.17, 15) is 18.0 Å². The van der Waals surface area contributed by atoms with E-state index in [-0.39, 0.29) is 28.5 Å². The van der Waals surface area contributed by atoms with Crippen molar-refractivity contribution < 1.29 is 18.0 Å². The number of piperidine rings is 2. The van der Waals surface area contributed by atoms with Gasteiger partial charge >= 0.3 is 6.18 Å². The Bertz CT molecular complexity index is 1030. The monoisotopic (exact) mass is 479 g/mol. The highest BCUT2D eigenvalue weighted by molar-refractivity contribution is 7.15. The second kappa shape index (κ2) is 8.88. The summed E-state index contributed by atoms with van der Waals surface area (Å²) < 4.78 is 39.7. The molecule has 0 spiro atoms. The highest BCUT2D eigenvalue weighted by Gasteiger charge is 2.38. The number of hydrogen-bond donors (Lipinski definition) is 2. The quantitative estimate of drug-likeness (QED) is 0.697. The first-order valence-electron chi connectivity index (χ1n) is 11.5. The molecule has 1 atom stereocenters. The SMILES string of the molecule is Nc1nc(C(F)(F)F)c(CN2CCC(c3ccc4c(c3)CN(C3CCCNC3)C4=O)CC2)s1. The number of nitrogen functional groups attached to an aromatic ring is 1. The molecule has 10 heteroatoms. The van der Waals surface area contributed by atoms with Crippen LogP contribution in [0.2, 0.25) is 0 Å². The maximum Gasteiger partial charge on any atom is 0.434 e. The van der Waals surface area contributed by atoms with Crippen LogP contribution in [0.5, 0.6) is 0 Å². The zero-order valence-electron chi connectivity index (χ0n) is 18.3. The van der Waals surface area contributed by atoms with Gasteiger partial charge in [0.25, 0.3) is 5.91 Å². The summed E-state index contributed by atoms with van der Waals surface area (Å²) in [6.07, 6.45) is -0.602. The molecule has 3 aliphatic rings. The number of halogens is 3. The van der Waals surface area contributed by atoms with Crippen LogP contribution in [0.25, 0.3) is 0 Å². The largest absolute Gasteiger partial charge is 0.434 e. The van der Waals surface area contributed by atoms with Crippen molar-refractivity contribution in [3.63, 3.8) is 0 Å². The van der Waals surface area contributed by atoms with Gasteiger partial charge in [0.2, 0.25) is 0 Å². The molecule has 1 aromatic heterocycles. The smallest absolute Gasteiger partial charge is 0.375 e. The second-order valence-electron chi connectivity index (χ2n) is 9.22. The predicted molar refractivity (Wildman–Crippen MR) is 121 cm³/mol. The Morgan fingerprint density at radius 3 is 2.70 bits per heavy atom. The molecule has 3 aliphatic heterocycles. The van der Waals surface area contributed by atoms with Crippen molar-refractivity contribution in [2.45, 2.75) is 56.9 Å². The Morgan fingerprint density at radius 2 is 2.00 bits per heavy atom. The number of benzene rings is 1. The van der Waals surface area contributed by atoms with E-state index in [4.69, 9.17) is 5.73 Å². The summed E-state index contributed by atoms with van der Waals surface area (Å²) in [7, 11) is 0. The van der Waals surface area contributed by atoms with Crippen molar-refractivity contribution in [2.75, 3.05) is 31.9 Å². The number of hydrogen-bond acceptors (Lipinski definition) is 6. The molecule has 5 rings (SSSR count). The molecule has 2 aromatic rings. The summed E-state index contributed by atoms with van der Waals surface area (Å²) in [4.78, 5) is 20.6. The molecule has 3 N–H and O–H groups in total. The Labute approximate surface area is 195 Å². The van der Waals surface area contributed by atoms with Crippen LogP contribution < -0.4 is 11.1 Å². The molecule has 4 heterocycles. The van der Waals surface area contributed by atoms with E-state index < -0.39 is 11.9 Å². The first kappa shape index (κ1) is 22.6. The van der Waals surface area contributed by atoms with Crippen LogP contribution in [0.3, 0.4) is 0 Å². The topological polar surface area (TPSA) is 74.5 Å². The standard InChI is InChI=1S/C23H28F3N5OS/c24-23(25,26)20-19(33-22(27)29-20)13-30-8-5-14(6-9-30)15-3-4-18-16(10-15)12-31(21(18)32)17-2-1-7-28-11-17/h3-4,10,14,17,28H,1-2,5-9,11-13H2,(H2,27,29). The van der Waals surface area contributed by atoms with Gasteiger partial charge in [-0.2, -0.15) is 13.2 Å². The fourth-order valence-corrected chi connectivity index (χ4v) is 6.23. The molecular weight excluding hydrogens is 451 g/mol. The molecular formula is C23H28F3N5OS. The van der Waals surface area contributed by atoms with Gasteiger partial charge in [0.1, 0.15) is 0 Å². The van der Waals surface area contributed by atoms with Crippen LogP contribution in [0.1, 0.15) is 63.7 Å². The first-order chi connectivity index (χ1) is 15.8. The van der Waals surface area contributed by atoms with E-state index in [1.807, 2.05) is 15.9 Å². The summed E-state index contributed by atoms with van der Waals surface area (Å²) in [6, 6.07) is 6.46. The Morgan fingerprint density at radius 1 is 1.21 bits per heavy atom. The third kappa shape index (κ3) is 4.61. The Kier molecular flexibility index (Phi) is 6.09. The summed E-state index contributed by atoms with van der Waals surface area (Å²) in [6.45, 7) is 4.19. The zero-order valence-corrected chi connectivity index (χ0v) is 19.1. The lowest BCUT2D eigenvalue weighted by molar-refractivity contribution is -0.141. The normalized spacial score (nSPS) is 22.7. The van der Waals surface area contributed by atoms with Gasteiger partial charge in [-0.25, -0.2) is 4.98 Å². The predicted octanol–water partition coefficient (Wildman–Crippen LogP) is 3.83. The van der Waals surface area contributed by atoms with Crippen molar-refractivity contribution in [1.82, 2.24) is 20.1 Å². The maximum atomic E-state index is 13.2. The second-order valence-corrected chi connectivity index (χ2v) is 10.3. The number of fused-ring (bicyclic) bond motifs is 1. The van der Waals surface area contributed by atoms with Crippen LogP contribution in [-0.4, -0.2) is 52.9 Å². The third-order valence-electron chi connectivity index (χ3n) is 7.08. The van der Waals surface area contributed by atoms with Gasteiger partial charge in [0, 0.05) is 31.2 Å². The van der Waals surface area contributed by atoms with Crippen molar-refractivity contribution in [2.24, 2.45) is 0 Å². The minimum absolute atomic E-state index is 0.0436. The number of nitrogens with two attached hydrogens (primary N) is 1. The third-order valence-corrected chi connectivity index (χ3v) is 7.95. The van der Waals surface area contributed by atoms with Crippen LogP contribution in [-0.2, 0) is 19.3 Å². The van der Waals surface area contributed by atoms with Gasteiger partial charge in [0.05, 0.1) is 4.88 Å². The molecule has 2 saturated heterocycles. The summed E-state index contributed by atoms with van der Waals surface area (Å²) in [5, 5.41) is 3.34. The average Bonchev–Trinajstić information content (AvgIpc) is 3.34. The van der Waals surface area contributed by atoms with Crippen LogP contribution >= 0.6 is 11.3 Å². The molecule has 178 valence electrons. The van der Waals surface area contributed by atoms with Crippen LogP contribution in [0.4, 0.5) is 18.3 Å². The summed E-state index contributed by atoms with van der Waals surface area (Å²) in [5.41, 5.74) is 7.83. The molecule has 1 aromatic carbocycles. The van der Waals surface area contributed by atoms with E-state index in [0.717, 1.165) is 74.3 Å². The number of nitrogens with zero attached hydrogens (tertiary/aromatic N) is 3. The number of rotatable bonds is 4. The number of carbonyl (C=O) groups is 1. The van der Waals surface area contributed by atoms with Gasteiger partial charge in [-0.3, -0.25) is 9.69 Å². The fourth-order valence-electron chi connectivity index (χ4n) is 5.34. The lowest BCUT2D eigenvalue weighted by atomic mass is 9.88. The van der Waals surface area contributed by atoms with Gasteiger partial charge in [-0.1, -0.05) is 12.1 Å². The minimum atomic E-state index is -4.48. The molecule has 6 nitrogen and oxygen atoms in total. The van der Waals surface area contributed by atoms with Gasteiger partial charge in [0.15, 0.2) is 10.8 Å². The fraction of sp³-hybridized carbons (Fsp3) is 0.565. The van der Waals surface area contributed by atoms with E-state index in [1.165, 1.54) is 5.56 Å². The van der Waals surface area contributed by atoms with Crippen molar-refractivity contribution in [1.29, 1.82) is 0 Å². The lowest BCUT2D eigenvalue weighted by Crippen LogP contribution is -2.46. The minimum Gasteiger partial charge on any atom is -0.375 e. The highest BCUT2D eigenvalue weighted by atomic mass is 32.1. The molecule has 33 heavy (non-hydrogen) atoms. The summed E-state index contributed by atoms with van der Waals surface area (Å²) in [5.74, 6) is 0.477. The van der Waals surface area contributed by atoms with Gasteiger partial charge in [-0.15, -0.1) is 11.3 Å². The molecule has 0 saturated carbocycles. The van der Waals surface area contributed by atoms with E-state index in [1.54, 1.807) is 0 Å². The molecule has 0 aliphatic carbocycles. The first-order valence-corrected chi connectivity index (χ1v) is 12.3. The van der Waals surface area contributed by atoms with E-state index in [0.29, 0.717) is 12.5 Å². The number of likely N-dealkylation sites (tertiary alicyclic amines) is 1. The molecule has 0 bridgehead atoms. The van der Waals surface area contributed by atoms with Gasteiger partial charge in [-0.05, 0) is 68.4 Å². The van der Waals surface area contributed by atoms with Crippen molar-refractivity contribution in [3.05, 3.63) is 45.5 Å². The Hall–Kier alpha value is -2.17. The highest BCUT2D eigenvalue weighted by Crippen LogP contribution is 2.38. The number of alkyl halides is 3. The van der Waals surface area contributed by atoms with Crippen molar-refractivity contribution >= 4 is 22.4 Å². The lowest BCUT2D eigenvalue weighted by Gasteiger charge is -2.32. The number of carbonyl (C=O) groups excluding carboxylic acids is 1. The van der Waals surface area contributed by atoms with Gasteiger partial charge < -0.3 is 16.0 Å². The van der Waals surface area contributed by atoms with Crippen LogP contribution in [0, 0.1) is 0 Å². The molecule has 2 fully saturated rings. The molecule has 1 unspecified atom stereocenters. The number of thiazole rings is 1. The number of amides is 1. The molecule has 0 radical (unpaired) electrons. The summed E-state index contributed by atoms with van der Waals surface area (Å²) >= 11 is 0.922. The Balaban J connectivity index is 1.22. The zero-order chi connectivity index (χ0) is 23.2. The molecule has 1 amide bonds. The van der Waals surface area contributed by atoms with Crippen molar-refractivity contribution in [3.8, 4) is 0 Å². The number of aromatic nitrogens is 1. The maximum absolute atomic E-state index is 13.2. The van der Waals surface area contributed by atoms with Crippen LogP contribution in [0.15, 0.2) is 18.2 Å². The average molecular weight is 480 g/mol.